The zero-order chi connectivity index (χ0) is 25.8. The zero-order valence-corrected chi connectivity index (χ0v) is 22.0. The Labute approximate surface area is 212 Å². The Morgan fingerprint density at radius 1 is 1.06 bits per heavy atom. The Morgan fingerprint density at radius 2 is 1.77 bits per heavy atom. The van der Waals surface area contributed by atoms with Crippen molar-refractivity contribution in [1.29, 1.82) is 0 Å². The third kappa shape index (κ3) is 7.09. The number of rotatable bonds is 7. The number of aryl methyl sites for hydroxylation is 1. The molecule has 0 bridgehead atoms. The maximum Gasteiger partial charge on any atom is 0.322 e. The van der Waals surface area contributed by atoms with Crippen molar-refractivity contribution in [3.63, 3.8) is 0 Å². The maximum absolute atomic E-state index is 13.1. The molecular weight excluding hydrogens is 462 g/mol. The number of anilines is 2. The first-order chi connectivity index (χ1) is 16.4. The molecule has 0 fully saturated rings. The lowest BCUT2D eigenvalue weighted by Crippen LogP contribution is -2.42. The van der Waals surface area contributed by atoms with E-state index in [9.17, 15) is 9.59 Å². The maximum atomic E-state index is 13.1. The van der Waals surface area contributed by atoms with E-state index in [-0.39, 0.29) is 29.8 Å². The van der Waals surface area contributed by atoms with E-state index in [4.69, 9.17) is 16.7 Å². The molecule has 35 heavy (non-hydrogen) atoms. The van der Waals surface area contributed by atoms with Gasteiger partial charge in [-0.05, 0) is 42.7 Å². The first kappa shape index (κ1) is 26.3. The summed E-state index contributed by atoms with van der Waals surface area (Å²) in [4.78, 5) is 27.7. The van der Waals surface area contributed by atoms with Crippen molar-refractivity contribution in [2.24, 2.45) is 5.92 Å². The molecule has 1 heterocycles. The molecule has 0 radical (unpaired) electrons. The first-order valence-electron chi connectivity index (χ1n) is 11.7. The molecule has 186 valence electrons. The summed E-state index contributed by atoms with van der Waals surface area (Å²) in [5.41, 5.74) is 2.97. The SMILES string of the molecule is Cc1cccc(NC(=O)N(CC(=O)Nc2cc(C(C)(C)C)nn2-c2ccccc2Cl)CC(C)C)c1. The van der Waals surface area contributed by atoms with E-state index in [1.807, 2.05) is 69.3 Å². The highest BCUT2D eigenvalue weighted by molar-refractivity contribution is 6.32. The number of benzene rings is 2. The van der Waals surface area contributed by atoms with Crippen LogP contribution in [0.2, 0.25) is 5.02 Å². The van der Waals surface area contributed by atoms with Crippen LogP contribution in [0, 0.1) is 12.8 Å². The highest BCUT2D eigenvalue weighted by Gasteiger charge is 2.24. The van der Waals surface area contributed by atoms with Crippen molar-refractivity contribution in [1.82, 2.24) is 14.7 Å². The Balaban J connectivity index is 1.83. The van der Waals surface area contributed by atoms with Gasteiger partial charge in [-0.2, -0.15) is 5.10 Å². The summed E-state index contributed by atoms with van der Waals surface area (Å²) in [6.45, 7) is 12.5. The van der Waals surface area contributed by atoms with E-state index < -0.39 is 0 Å². The molecule has 7 nitrogen and oxygen atoms in total. The average molecular weight is 496 g/mol. The first-order valence-corrected chi connectivity index (χ1v) is 12.1. The molecule has 0 aliphatic carbocycles. The Hall–Kier alpha value is -3.32. The number of carbonyl (C=O) groups excluding carboxylic acids is 2. The summed E-state index contributed by atoms with van der Waals surface area (Å²) in [5.74, 6) is 0.363. The fraction of sp³-hybridized carbons (Fsp3) is 0.370. The van der Waals surface area contributed by atoms with Crippen LogP contribution in [0.25, 0.3) is 5.69 Å². The number of para-hydroxylation sites is 1. The highest BCUT2D eigenvalue weighted by atomic mass is 35.5. The number of aromatic nitrogens is 2. The van der Waals surface area contributed by atoms with Crippen molar-refractivity contribution >= 4 is 35.0 Å². The molecule has 1 aromatic heterocycles. The molecule has 0 saturated heterocycles. The third-order valence-corrected chi connectivity index (χ3v) is 5.62. The lowest BCUT2D eigenvalue weighted by atomic mass is 9.92. The van der Waals surface area contributed by atoms with E-state index in [2.05, 4.69) is 31.4 Å². The van der Waals surface area contributed by atoms with Gasteiger partial charge >= 0.3 is 6.03 Å². The van der Waals surface area contributed by atoms with E-state index in [0.717, 1.165) is 11.3 Å². The van der Waals surface area contributed by atoms with E-state index in [1.54, 1.807) is 10.7 Å². The van der Waals surface area contributed by atoms with Crippen LogP contribution in [0.1, 0.15) is 45.9 Å². The largest absolute Gasteiger partial charge is 0.322 e. The van der Waals surface area contributed by atoms with Gasteiger partial charge in [-0.1, -0.05) is 70.5 Å². The van der Waals surface area contributed by atoms with Crippen molar-refractivity contribution in [3.05, 3.63) is 70.9 Å². The van der Waals surface area contributed by atoms with Gasteiger partial charge in [0.15, 0.2) is 0 Å². The predicted molar refractivity (Wildman–Crippen MR) is 143 cm³/mol. The van der Waals surface area contributed by atoms with Crippen LogP contribution in [0.15, 0.2) is 54.6 Å². The summed E-state index contributed by atoms with van der Waals surface area (Å²) in [6, 6.07) is 16.4. The number of amides is 3. The second kappa shape index (κ2) is 11.0. The summed E-state index contributed by atoms with van der Waals surface area (Å²) < 4.78 is 1.64. The molecule has 2 aromatic carbocycles. The minimum absolute atomic E-state index is 0.103. The number of carbonyl (C=O) groups is 2. The van der Waals surface area contributed by atoms with Crippen molar-refractivity contribution in [2.45, 2.75) is 47.0 Å². The fourth-order valence-electron chi connectivity index (χ4n) is 3.58. The molecule has 8 heteroatoms. The number of nitrogens with one attached hydrogen (secondary N) is 2. The zero-order valence-electron chi connectivity index (χ0n) is 21.2. The van der Waals surface area contributed by atoms with Crippen molar-refractivity contribution in [2.75, 3.05) is 23.7 Å². The smallest absolute Gasteiger partial charge is 0.315 e. The third-order valence-electron chi connectivity index (χ3n) is 5.30. The monoisotopic (exact) mass is 495 g/mol. The highest BCUT2D eigenvalue weighted by Crippen LogP contribution is 2.29. The molecule has 3 rings (SSSR count). The molecule has 0 saturated carbocycles. The molecule has 0 atom stereocenters. The molecule has 2 N–H and O–H groups in total. The Morgan fingerprint density at radius 3 is 2.40 bits per heavy atom. The lowest BCUT2D eigenvalue weighted by Gasteiger charge is -2.24. The Bertz CT molecular complexity index is 1200. The number of hydrogen-bond acceptors (Lipinski definition) is 3. The van der Waals surface area contributed by atoms with Crippen LogP contribution in [-0.4, -0.2) is 39.7 Å². The van der Waals surface area contributed by atoms with Gasteiger partial charge in [0.05, 0.1) is 16.4 Å². The molecule has 0 aliphatic rings. The van der Waals surface area contributed by atoms with Gasteiger partial charge in [0, 0.05) is 23.7 Å². The van der Waals surface area contributed by atoms with Crippen LogP contribution >= 0.6 is 11.6 Å². The number of halogens is 1. The standard InChI is InChI=1S/C27H34ClN5O2/c1-18(2)16-32(26(35)29-20-11-9-10-19(3)14-20)17-25(34)30-24-15-23(27(4,5)6)31-33(24)22-13-8-7-12-21(22)28/h7-15,18H,16-17H2,1-6H3,(H,29,35)(H,30,34). The van der Waals surface area contributed by atoms with Gasteiger partial charge in [0.2, 0.25) is 5.91 Å². The molecule has 3 amide bonds. The fourth-order valence-corrected chi connectivity index (χ4v) is 3.80. The van der Waals surface area contributed by atoms with E-state index >= 15 is 0 Å². The molecule has 0 aliphatic heterocycles. The van der Waals surface area contributed by atoms with Crippen LogP contribution in [0.4, 0.5) is 16.3 Å². The topological polar surface area (TPSA) is 79.3 Å². The summed E-state index contributed by atoms with van der Waals surface area (Å²) in [5, 5.41) is 11.1. The van der Waals surface area contributed by atoms with E-state index in [0.29, 0.717) is 28.8 Å². The minimum Gasteiger partial charge on any atom is -0.315 e. The predicted octanol–water partition coefficient (Wildman–Crippen LogP) is 6.26. The molecular formula is C27H34ClN5O2. The Kier molecular flexibility index (Phi) is 8.22. The van der Waals surface area contributed by atoms with Crippen LogP contribution in [-0.2, 0) is 10.2 Å². The lowest BCUT2D eigenvalue weighted by molar-refractivity contribution is -0.116. The summed E-state index contributed by atoms with van der Waals surface area (Å²) in [6.07, 6.45) is 0. The van der Waals surface area contributed by atoms with Gasteiger partial charge in [-0.15, -0.1) is 0 Å². The normalized spacial score (nSPS) is 11.4. The van der Waals surface area contributed by atoms with Crippen LogP contribution in [0.5, 0.6) is 0 Å². The summed E-state index contributed by atoms with van der Waals surface area (Å²) in [7, 11) is 0. The van der Waals surface area contributed by atoms with Crippen molar-refractivity contribution in [3.8, 4) is 5.69 Å². The van der Waals surface area contributed by atoms with Gasteiger partial charge in [-0.3, -0.25) is 4.79 Å². The number of hydrogen-bond donors (Lipinski definition) is 2. The van der Waals surface area contributed by atoms with Crippen molar-refractivity contribution < 1.29 is 9.59 Å². The second-order valence-corrected chi connectivity index (χ2v) is 10.6. The quantitative estimate of drug-likeness (QED) is 0.406. The van der Waals surface area contributed by atoms with Crippen LogP contribution in [0.3, 0.4) is 0 Å². The average Bonchev–Trinajstić information content (AvgIpc) is 3.17. The van der Waals surface area contributed by atoms with Crippen LogP contribution < -0.4 is 10.6 Å². The number of nitrogens with zero attached hydrogens (tertiary/aromatic N) is 3. The minimum atomic E-state index is -0.325. The summed E-state index contributed by atoms with van der Waals surface area (Å²) >= 11 is 6.43. The van der Waals surface area contributed by atoms with E-state index in [1.165, 1.54) is 4.90 Å². The molecule has 0 spiro atoms. The molecule has 3 aromatic rings. The number of urea groups is 1. The molecule has 0 unspecified atom stereocenters. The van der Waals surface area contributed by atoms with Gasteiger partial charge in [-0.25, -0.2) is 9.48 Å². The van der Waals surface area contributed by atoms with Gasteiger partial charge in [0.25, 0.3) is 0 Å². The second-order valence-electron chi connectivity index (χ2n) is 10.2. The van der Waals surface area contributed by atoms with Gasteiger partial charge in [0.1, 0.15) is 12.4 Å². The van der Waals surface area contributed by atoms with Gasteiger partial charge < -0.3 is 15.5 Å².